The van der Waals surface area contributed by atoms with Gasteiger partial charge in [-0.25, -0.2) is 0 Å². The third-order valence-electron chi connectivity index (χ3n) is 4.40. The molecule has 104 valence electrons. The molecule has 0 radical (unpaired) electrons. The zero-order valence-electron chi connectivity index (χ0n) is 11.5. The van der Waals surface area contributed by atoms with Crippen molar-refractivity contribution < 1.29 is 9.53 Å². The van der Waals surface area contributed by atoms with Crippen LogP contribution in [0.25, 0.3) is 0 Å². The SMILES string of the molecule is CCC1(C(=O)NCC2CCCCO2)CCCNC1. The van der Waals surface area contributed by atoms with E-state index in [0.717, 1.165) is 51.8 Å². The van der Waals surface area contributed by atoms with Crippen molar-refractivity contribution in [1.29, 1.82) is 0 Å². The molecule has 2 unspecified atom stereocenters. The van der Waals surface area contributed by atoms with Gasteiger partial charge >= 0.3 is 0 Å². The molecule has 2 aliphatic heterocycles. The molecule has 2 saturated heterocycles. The highest BCUT2D eigenvalue weighted by Gasteiger charge is 2.37. The summed E-state index contributed by atoms with van der Waals surface area (Å²) in [6.45, 7) is 5.51. The van der Waals surface area contributed by atoms with Crippen LogP contribution in [0.3, 0.4) is 0 Å². The lowest BCUT2D eigenvalue weighted by atomic mass is 9.77. The number of carbonyl (C=O) groups is 1. The quantitative estimate of drug-likeness (QED) is 0.798. The summed E-state index contributed by atoms with van der Waals surface area (Å²) >= 11 is 0. The van der Waals surface area contributed by atoms with Crippen LogP contribution in [0, 0.1) is 5.41 Å². The van der Waals surface area contributed by atoms with Crippen molar-refractivity contribution in [3.63, 3.8) is 0 Å². The van der Waals surface area contributed by atoms with Crippen molar-refractivity contribution >= 4 is 5.91 Å². The monoisotopic (exact) mass is 254 g/mol. The van der Waals surface area contributed by atoms with Crippen molar-refractivity contribution in [2.24, 2.45) is 5.41 Å². The smallest absolute Gasteiger partial charge is 0.227 e. The van der Waals surface area contributed by atoms with Gasteiger partial charge in [0.2, 0.25) is 5.91 Å². The molecule has 0 aromatic heterocycles. The van der Waals surface area contributed by atoms with E-state index in [1.54, 1.807) is 0 Å². The fraction of sp³-hybridized carbons (Fsp3) is 0.929. The van der Waals surface area contributed by atoms with Gasteiger partial charge in [0.15, 0.2) is 0 Å². The normalized spacial score (nSPS) is 33.1. The van der Waals surface area contributed by atoms with E-state index >= 15 is 0 Å². The Hall–Kier alpha value is -0.610. The van der Waals surface area contributed by atoms with Gasteiger partial charge in [0.1, 0.15) is 0 Å². The van der Waals surface area contributed by atoms with Gasteiger partial charge in [-0.05, 0) is 45.1 Å². The molecule has 0 aromatic carbocycles. The highest BCUT2D eigenvalue weighted by molar-refractivity contribution is 5.83. The van der Waals surface area contributed by atoms with Crippen molar-refractivity contribution in [1.82, 2.24) is 10.6 Å². The van der Waals surface area contributed by atoms with E-state index in [2.05, 4.69) is 17.6 Å². The summed E-state index contributed by atoms with van der Waals surface area (Å²) in [7, 11) is 0. The molecule has 2 N–H and O–H groups in total. The summed E-state index contributed by atoms with van der Waals surface area (Å²) in [4.78, 5) is 12.4. The number of amides is 1. The minimum Gasteiger partial charge on any atom is -0.376 e. The van der Waals surface area contributed by atoms with Crippen molar-refractivity contribution in [3.05, 3.63) is 0 Å². The maximum Gasteiger partial charge on any atom is 0.227 e. The van der Waals surface area contributed by atoms with Crippen LogP contribution >= 0.6 is 0 Å². The van der Waals surface area contributed by atoms with Gasteiger partial charge in [-0.1, -0.05) is 6.92 Å². The molecule has 2 heterocycles. The van der Waals surface area contributed by atoms with E-state index in [4.69, 9.17) is 4.74 Å². The Labute approximate surface area is 110 Å². The molecule has 0 aliphatic carbocycles. The molecule has 1 amide bonds. The van der Waals surface area contributed by atoms with Crippen LogP contribution in [0.2, 0.25) is 0 Å². The maximum absolute atomic E-state index is 12.4. The first-order valence-electron chi connectivity index (χ1n) is 7.37. The average Bonchev–Trinajstić information content (AvgIpc) is 2.46. The van der Waals surface area contributed by atoms with Gasteiger partial charge in [-0.2, -0.15) is 0 Å². The number of piperidine rings is 1. The zero-order chi connectivity index (χ0) is 12.8. The van der Waals surface area contributed by atoms with E-state index in [9.17, 15) is 4.79 Å². The molecule has 4 heteroatoms. The van der Waals surface area contributed by atoms with Gasteiger partial charge in [0, 0.05) is 19.7 Å². The van der Waals surface area contributed by atoms with Crippen LogP contribution in [-0.4, -0.2) is 38.3 Å². The van der Waals surface area contributed by atoms with Crippen LogP contribution < -0.4 is 10.6 Å². The molecule has 2 aliphatic rings. The first kappa shape index (κ1) is 13.8. The summed E-state index contributed by atoms with van der Waals surface area (Å²) < 4.78 is 5.65. The van der Waals surface area contributed by atoms with Crippen molar-refractivity contribution in [2.45, 2.75) is 51.6 Å². The van der Waals surface area contributed by atoms with Gasteiger partial charge in [0.25, 0.3) is 0 Å². The van der Waals surface area contributed by atoms with Crippen LogP contribution in [0.5, 0.6) is 0 Å². The predicted octanol–water partition coefficient (Wildman–Crippen LogP) is 1.45. The average molecular weight is 254 g/mol. The minimum atomic E-state index is -0.188. The fourth-order valence-electron chi connectivity index (χ4n) is 2.99. The second kappa shape index (κ2) is 6.53. The lowest BCUT2D eigenvalue weighted by Crippen LogP contribution is -2.51. The molecule has 2 atom stereocenters. The predicted molar refractivity (Wildman–Crippen MR) is 71.4 cm³/mol. The van der Waals surface area contributed by atoms with E-state index < -0.39 is 0 Å². The summed E-state index contributed by atoms with van der Waals surface area (Å²) in [5, 5.41) is 6.46. The molecule has 4 nitrogen and oxygen atoms in total. The van der Waals surface area contributed by atoms with E-state index in [0.29, 0.717) is 6.54 Å². The maximum atomic E-state index is 12.4. The Morgan fingerprint density at radius 3 is 2.94 bits per heavy atom. The molecule has 2 rings (SSSR count). The second-order valence-electron chi connectivity index (χ2n) is 5.61. The lowest BCUT2D eigenvalue weighted by molar-refractivity contribution is -0.133. The minimum absolute atomic E-state index is 0.188. The Balaban J connectivity index is 1.81. The van der Waals surface area contributed by atoms with Crippen LogP contribution in [0.1, 0.15) is 45.4 Å². The number of hydrogen-bond acceptors (Lipinski definition) is 3. The largest absolute Gasteiger partial charge is 0.376 e. The zero-order valence-corrected chi connectivity index (χ0v) is 11.5. The lowest BCUT2D eigenvalue weighted by Gasteiger charge is -2.36. The van der Waals surface area contributed by atoms with Crippen LogP contribution in [0.15, 0.2) is 0 Å². The Morgan fingerprint density at radius 2 is 2.33 bits per heavy atom. The fourth-order valence-corrected chi connectivity index (χ4v) is 2.99. The topological polar surface area (TPSA) is 50.4 Å². The number of rotatable bonds is 4. The van der Waals surface area contributed by atoms with Crippen molar-refractivity contribution in [2.75, 3.05) is 26.2 Å². The van der Waals surface area contributed by atoms with Crippen LogP contribution in [0.4, 0.5) is 0 Å². The van der Waals surface area contributed by atoms with Gasteiger partial charge in [-0.15, -0.1) is 0 Å². The third kappa shape index (κ3) is 3.23. The Morgan fingerprint density at radius 1 is 1.44 bits per heavy atom. The van der Waals surface area contributed by atoms with Gasteiger partial charge in [-0.3, -0.25) is 4.79 Å². The molecule has 0 aromatic rings. The summed E-state index contributed by atoms with van der Waals surface area (Å²) in [5.41, 5.74) is -0.188. The summed E-state index contributed by atoms with van der Waals surface area (Å²) in [6, 6.07) is 0. The third-order valence-corrected chi connectivity index (χ3v) is 4.40. The number of hydrogen-bond donors (Lipinski definition) is 2. The van der Waals surface area contributed by atoms with Gasteiger partial charge < -0.3 is 15.4 Å². The van der Waals surface area contributed by atoms with Gasteiger partial charge in [0.05, 0.1) is 11.5 Å². The van der Waals surface area contributed by atoms with E-state index in [-0.39, 0.29) is 17.4 Å². The Bertz CT molecular complexity index is 269. The van der Waals surface area contributed by atoms with Crippen molar-refractivity contribution in [3.8, 4) is 0 Å². The highest BCUT2D eigenvalue weighted by Crippen LogP contribution is 2.30. The molecule has 18 heavy (non-hydrogen) atoms. The second-order valence-corrected chi connectivity index (χ2v) is 5.61. The van der Waals surface area contributed by atoms with E-state index in [1.807, 2.05) is 0 Å². The number of carbonyl (C=O) groups excluding carboxylic acids is 1. The number of nitrogens with one attached hydrogen (secondary N) is 2. The summed E-state index contributed by atoms with van der Waals surface area (Å²) in [6.07, 6.45) is 6.71. The molecule has 2 fully saturated rings. The standard InChI is InChI=1S/C14H26N2O2/c1-2-14(7-5-8-15-11-14)13(17)16-10-12-6-3-4-9-18-12/h12,15H,2-11H2,1H3,(H,16,17). The Kier molecular flexibility index (Phi) is 5.01. The molecule has 0 spiro atoms. The first-order valence-corrected chi connectivity index (χ1v) is 7.37. The van der Waals surface area contributed by atoms with E-state index in [1.165, 1.54) is 6.42 Å². The number of ether oxygens (including phenoxy) is 1. The molecule has 0 saturated carbocycles. The van der Waals surface area contributed by atoms with Crippen LogP contribution in [-0.2, 0) is 9.53 Å². The first-order chi connectivity index (χ1) is 8.77. The molecular formula is C14H26N2O2. The molecular weight excluding hydrogens is 228 g/mol. The molecule has 0 bridgehead atoms. The summed E-state index contributed by atoms with van der Waals surface area (Å²) in [5.74, 6) is 0.214. The highest BCUT2D eigenvalue weighted by atomic mass is 16.5.